The fourth-order valence-electron chi connectivity index (χ4n) is 3.98. The van der Waals surface area contributed by atoms with Gasteiger partial charge in [0.15, 0.2) is 6.23 Å². The van der Waals surface area contributed by atoms with Crippen LogP contribution in [0.15, 0.2) is 46.3 Å². The fourth-order valence-corrected chi connectivity index (χ4v) is 5.03. The SMILES string of the molecule is Cc1ccc(C)c2c1c(Sc1ccc(O)cc1F)cn2[C@@H]1O[C@H](CO)[C@@H](O)[C@H](O)[C@H]1O. The lowest BCUT2D eigenvalue weighted by molar-refractivity contribution is -0.250. The number of rotatable bonds is 4. The topological polar surface area (TPSA) is 115 Å². The maximum Gasteiger partial charge on any atom is 0.163 e. The van der Waals surface area contributed by atoms with Crippen LogP contribution in [0.25, 0.3) is 10.9 Å². The number of nitrogens with zero attached hydrogens (tertiary/aromatic N) is 1. The van der Waals surface area contributed by atoms with Crippen LogP contribution in [-0.2, 0) is 4.74 Å². The number of hydrogen-bond donors (Lipinski definition) is 5. The summed E-state index contributed by atoms with van der Waals surface area (Å²) in [5.41, 5.74) is 2.52. The number of hydrogen-bond acceptors (Lipinski definition) is 7. The van der Waals surface area contributed by atoms with Crippen molar-refractivity contribution >= 4 is 22.7 Å². The molecule has 3 aromatic rings. The van der Waals surface area contributed by atoms with Crippen LogP contribution < -0.4 is 0 Å². The summed E-state index contributed by atoms with van der Waals surface area (Å²) >= 11 is 1.16. The van der Waals surface area contributed by atoms with Gasteiger partial charge >= 0.3 is 0 Å². The average Bonchev–Trinajstić information content (AvgIpc) is 3.11. The van der Waals surface area contributed by atoms with Crippen LogP contribution in [-0.4, -0.2) is 61.1 Å². The van der Waals surface area contributed by atoms with Crippen LogP contribution in [0.1, 0.15) is 17.4 Å². The second-order valence-electron chi connectivity index (χ2n) is 7.76. The second kappa shape index (κ2) is 8.42. The highest BCUT2D eigenvalue weighted by molar-refractivity contribution is 7.99. The van der Waals surface area contributed by atoms with E-state index in [-0.39, 0.29) is 5.75 Å². The molecule has 9 heteroatoms. The summed E-state index contributed by atoms with van der Waals surface area (Å²) in [6, 6.07) is 7.77. The van der Waals surface area contributed by atoms with Crippen LogP contribution in [0.3, 0.4) is 0 Å². The van der Waals surface area contributed by atoms with Gasteiger partial charge < -0.3 is 34.8 Å². The Morgan fingerprint density at radius 1 is 1.00 bits per heavy atom. The Labute approximate surface area is 182 Å². The van der Waals surface area contributed by atoms with Gasteiger partial charge in [0.2, 0.25) is 0 Å². The molecule has 0 spiro atoms. The molecule has 2 aromatic carbocycles. The molecular formula is C22H24FNO6S. The van der Waals surface area contributed by atoms with E-state index in [1.165, 1.54) is 12.1 Å². The van der Waals surface area contributed by atoms with E-state index in [0.717, 1.165) is 39.9 Å². The molecule has 4 rings (SSSR count). The molecule has 1 aliphatic rings. The molecule has 5 atom stereocenters. The molecule has 0 aliphatic carbocycles. The second-order valence-corrected chi connectivity index (χ2v) is 8.84. The third kappa shape index (κ3) is 3.82. The van der Waals surface area contributed by atoms with Crippen LogP contribution >= 0.6 is 11.8 Å². The molecule has 0 bridgehead atoms. The van der Waals surface area contributed by atoms with Gasteiger partial charge in [0, 0.05) is 27.4 Å². The minimum absolute atomic E-state index is 0.169. The number of phenols is 1. The zero-order valence-electron chi connectivity index (χ0n) is 16.9. The molecule has 166 valence electrons. The van der Waals surface area contributed by atoms with Crippen molar-refractivity contribution in [2.75, 3.05) is 6.61 Å². The molecule has 0 radical (unpaired) electrons. The number of aromatic hydroxyl groups is 1. The van der Waals surface area contributed by atoms with Crippen molar-refractivity contribution in [2.45, 2.75) is 54.3 Å². The van der Waals surface area contributed by atoms with Crippen LogP contribution in [0, 0.1) is 19.7 Å². The van der Waals surface area contributed by atoms with Gasteiger partial charge in [-0.05, 0) is 37.1 Å². The van der Waals surface area contributed by atoms with Crippen LogP contribution in [0.4, 0.5) is 4.39 Å². The number of aromatic nitrogens is 1. The third-order valence-electron chi connectivity index (χ3n) is 5.63. The van der Waals surface area contributed by atoms with Crippen molar-refractivity contribution in [2.24, 2.45) is 0 Å². The van der Waals surface area contributed by atoms with Gasteiger partial charge in [0.25, 0.3) is 0 Å². The van der Waals surface area contributed by atoms with E-state index in [2.05, 4.69) is 0 Å². The first kappa shape index (κ1) is 22.1. The summed E-state index contributed by atoms with van der Waals surface area (Å²) in [6.45, 7) is 3.27. The number of fused-ring (bicyclic) bond motifs is 1. The first-order valence-corrected chi connectivity index (χ1v) is 10.6. The maximum atomic E-state index is 14.4. The first-order chi connectivity index (χ1) is 14.7. The molecule has 1 fully saturated rings. The van der Waals surface area contributed by atoms with Crippen LogP contribution in [0.2, 0.25) is 0 Å². The normalized spacial score (nSPS) is 26.5. The number of aliphatic hydroxyl groups excluding tert-OH is 4. The predicted molar refractivity (Wildman–Crippen MR) is 113 cm³/mol. The molecule has 0 unspecified atom stereocenters. The largest absolute Gasteiger partial charge is 0.508 e. The minimum Gasteiger partial charge on any atom is -0.508 e. The summed E-state index contributed by atoms with van der Waals surface area (Å²) < 4.78 is 21.8. The van der Waals surface area contributed by atoms with Crippen molar-refractivity contribution in [3.8, 4) is 5.75 Å². The van der Waals surface area contributed by atoms with Crippen LogP contribution in [0.5, 0.6) is 5.75 Å². The summed E-state index contributed by atoms with van der Waals surface area (Å²) in [4.78, 5) is 1.00. The zero-order valence-corrected chi connectivity index (χ0v) is 17.8. The van der Waals surface area contributed by atoms with Crippen molar-refractivity contribution in [3.05, 3.63) is 53.5 Å². The summed E-state index contributed by atoms with van der Waals surface area (Å²) in [6.07, 6.45) is -4.83. The van der Waals surface area contributed by atoms with Crippen molar-refractivity contribution in [3.63, 3.8) is 0 Å². The molecular weight excluding hydrogens is 425 g/mol. The number of ether oxygens (including phenoxy) is 1. The van der Waals surface area contributed by atoms with E-state index in [9.17, 15) is 29.9 Å². The predicted octanol–water partition coefficient (Wildman–Crippen LogP) is 2.23. The highest BCUT2D eigenvalue weighted by Crippen LogP contribution is 2.42. The van der Waals surface area contributed by atoms with Gasteiger partial charge in [0.05, 0.1) is 12.1 Å². The first-order valence-electron chi connectivity index (χ1n) is 9.80. The van der Waals surface area contributed by atoms with Gasteiger partial charge in [-0.25, -0.2) is 4.39 Å². The Bertz CT molecular complexity index is 1120. The monoisotopic (exact) mass is 449 g/mol. The van der Waals surface area contributed by atoms with E-state index >= 15 is 0 Å². The molecule has 1 aliphatic heterocycles. The Morgan fingerprint density at radius 3 is 2.39 bits per heavy atom. The Balaban J connectivity index is 1.86. The average molecular weight is 450 g/mol. The third-order valence-corrected chi connectivity index (χ3v) is 6.71. The Hall–Kier alpha value is -2.14. The number of halogens is 1. The lowest BCUT2D eigenvalue weighted by Gasteiger charge is -2.40. The summed E-state index contributed by atoms with van der Waals surface area (Å²) in [7, 11) is 0. The number of aliphatic hydroxyl groups is 4. The molecule has 5 N–H and O–H groups in total. The van der Waals surface area contributed by atoms with E-state index in [1.54, 1.807) is 10.8 Å². The van der Waals surface area contributed by atoms with Crippen molar-refractivity contribution < 1.29 is 34.7 Å². The fraction of sp³-hybridized carbons (Fsp3) is 0.364. The van der Waals surface area contributed by atoms with Crippen molar-refractivity contribution in [1.29, 1.82) is 0 Å². The van der Waals surface area contributed by atoms with E-state index in [1.807, 2.05) is 26.0 Å². The van der Waals surface area contributed by atoms with E-state index in [4.69, 9.17) is 4.74 Å². The van der Waals surface area contributed by atoms with Gasteiger partial charge in [0.1, 0.15) is 36.0 Å². The Kier molecular flexibility index (Phi) is 5.99. The lowest BCUT2D eigenvalue weighted by atomic mass is 9.98. The molecule has 1 saturated heterocycles. The molecule has 0 amide bonds. The molecule has 1 aromatic heterocycles. The maximum absolute atomic E-state index is 14.4. The smallest absolute Gasteiger partial charge is 0.163 e. The zero-order chi connectivity index (χ0) is 22.4. The van der Waals surface area contributed by atoms with Gasteiger partial charge in [-0.15, -0.1) is 0 Å². The number of aryl methyl sites for hydroxylation is 2. The van der Waals surface area contributed by atoms with Gasteiger partial charge in [-0.1, -0.05) is 23.9 Å². The summed E-state index contributed by atoms with van der Waals surface area (Å²) in [5, 5.41) is 50.9. The highest BCUT2D eigenvalue weighted by atomic mass is 32.2. The quantitative estimate of drug-likeness (QED) is 0.415. The molecule has 7 nitrogen and oxygen atoms in total. The lowest BCUT2D eigenvalue weighted by Crippen LogP contribution is -2.56. The van der Waals surface area contributed by atoms with Crippen molar-refractivity contribution in [1.82, 2.24) is 4.57 Å². The summed E-state index contributed by atoms with van der Waals surface area (Å²) in [5.74, 6) is -0.735. The van der Waals surface area contributed by atoms with E-state index < -0.39 is 43.1 Å². The Morgan fingerprint density at radius 2 is 1.71 bits per heavy atom. The van der Waals surface area contributed by atoms with E-state index in [0.29, 0.717) is 9.79 Å². The number of phenolic OH excluding ortho intramolecular Hbond substituents is 1. The molecule has 0 saturated carbocycles. The van der Waals surface area contributed by atoms with Gasteiger partial charge in [-0.3, -0.25) is 0 Å². The van der Waals surface area contributed by atoms with Gasteiger partial charge in [-0.2, -0.15) is 0 Å². The molecule has 2 heterocycles. The minimum atomic E-state index is -1.51. The highest BCUT2D eigenvalue weighted by Gasteiger charge is 2.44. The number of benzene rings is 2. The standard InChI is InChI=1S/C22H24FNO6S/c1-10-3-4-11(2)18-17(10)16(31-15-6-5-12(26)7-13(15)23)8-24(18)22-21(29)20(28)19(27)14(9-25)30-22/h3-8,14,19-22,25-29H,9H2,1-2H3/t14-,19-,20+,21-,22-/m1/s1. The molecule has 31 heavy (non-hydrogen) atoms.